The van der Waals surface area contributed by atoms with Crippen molar-refractivity contribution in [1.29, 1.82) is 0 Å². The molecule has 176 valence electrons. The Kier molecular flexibility index (Phi) is 4.66. The molecule has 0 aliphatic carbocycles. The molecule has 3 amide bonds. The highest BCUT2D eigenvalue weighted by molar-refractivity contribution is 6.06. The van der Waals surface area contributed by atoms with Gasteiger partial charge in [0.15, 0.2) is 11.5 Å². The summed E-state index contributed by atoms with van der Waals surface area (Å²) < 4.78 is 11.2. The van der Waals surface area contributed by atoms with Gasteiger partial charge in [-0.1, -0.05) is 45.0 Å². The van der Waals surface area contributed by atoms with Crippen LogP contribution in [0, 0.1) is 0 Å². The van der Waals surface area contributed by atoms with Crippen LogP contribution in [0.25, 0.3) is 10.9 Å². The second-order valence-electron chi connectivity index (χ2n) is 9.45. The van der Waals surface area contributed by atoms with Gasteiger partial charge in [-0.25, -0.2) is 4.79 Å². The number of ether oxygens (including phenoxy) is 2. The van der Waals surface area contributed by atoms with Crippen LogP contribution in [0.3, 0.4) is 0 Å². The number of hydrogen-bond donors (Lipinski definition) is 1. The van der Waals surface area contributed by atoms with Crippen molar-refractivity contribution in [2.75, 3.05) is 6.79 Å². The van der Waals surface area contributed by atoms with Crippen molar-refractivity contribution in [3.63, 3.8) is 0 Å². The molecule has 34 heavy (non-hydrogen) atoms. The van der Waals surface area contributed by atoms with E-state index in [0.717, 1.165) is 47.0 Å². The Bertz CT molecular complexity index is 1300. The maximum absolute atomic E-state index is 14.1. The van der Waals surface area contributed by atoms with E-state index in [2.05, 4.69) is 31.8 Å². The molecular formula is C27H29N3O4. The lowest BCUT2D eigenvalue weighted by molar-refractivity contribution is -0.133. The number of nitrogens with zero attached hydrogens (tertiary/aromatic N) is 2. The fraction of sp³-hybridized carbons (Fsp3) is 0.407. The Hall–Kier alpha value is -3.48. The number of para-hydroxylation sites is 1. The van der Waals surface area contributed by atoms with Crippen molar-refractivity contribution in [2.45, 2.75) is 64.1 Å². The van der Waals surface area contributed by atoms with Crippen molar-refractivity contribution < 1.29 is 19.1 Å². The normalized spacial score (nSPS) is 21.4. The van der Waals surface area contributed by atoms with Crippen LogP contribution in [0.4, 0.5) is 4.79 Å². The van der Waals surface area contributed by atoms with Gasteiger partial charge in [-0.3, -0.25) is 14.6 Å². The molecule has 3 aliphatic rings. The third kappa shape index (κ3) is 2.70. The number of nitrogens with one attached hydrogen (secondary N) is 1. The number of aromatic amines is 1. The van der Waals surface area contributed by atoms with Gasteiger partial charge in [-0.15, -0.1) is 0 Å². The highest BCUT2D eigenvalue weighted by atomic mass is 16.7. The number of urea groups is 1. The van der Waals surface area contributed by atoms with Crippen molar-refractivity contribution >= 4 is 22.8 Å². The number of H-pyrrole nitrogens is 1. The molecule has 0 spiro atoms. The lowest BCUT2D eigenvalue weighted by Crippen LogP contribution is -2.51. The molecule has 3 aliphatic heterocycles. The first-order valence-electron chi connectivity index (χ1n) is 12.2. The molecule has 3 aromatic rings. The first-order valence-corrected chi connectivity index (χ1v) is 12.2. The van der Waals surface area contributed by atoms with Crippen molar-refractivity contribution in [2.24, 2.45) is 0 Å². The number of amides is 3. The summed E-state index contributed by atoms with van der Waals surface area (Å²) in [6, 6.07) is 12.8. The van der Waals surface area contributed by atoms with E-state index >= 15 is 0 Å². The Morgan fingerprint density at radius 1 is 1.00 bits per heavy atom. The lowest BCUT2D eigenvalue weighted by Gasteiger charge is -2.39. The van der Waals surface area contributed by atoms with E-state index in [0.29, 0.717) is 17.9 Å². The molecule has 6 rings (SSSR count). The zero-order chi connectivity index (χ0) is 23.6. The largest absolute Gasteiger partial charge is 0.454 e. The molecule has 0 saturated carbocycles. The van der Waals surface area contributed by atoms with E-state index in [1.807, 2.05) is 36.4 Å². The van der Waals surface area contributed by atoms with Crippen LogP contribution in [0.5, 0.6) is 11.5 Å². The van der Waals surface area contributed by atoms with E-state index in [-0.39, 0.29) is 18.7 Å². The van der Waals surface area contributed by atoms with E-state index in [1.54, 1.807) is 9.80 Å². The summed E-state index contributed by atoms with van der Waals surface area (Å²) in [7, 11) is 0. The van der Waals surface area contributed by atoms with Gasteiger partial charge in [0, 0.05) is 23.0 Å². The summed E-state index contributed by atoms with van der Waals surface area (Å²) in [6.45, 7) is 6.38. The zero-order valence-corrected chi connectivity index (χ0v) is 19.8. The summed E-state index contributed by atoms with van der Waals surface area (Å²) in [5, 5.41) is 1.11. The Morgan fingerprint density at radius 3 is 2.50 bits per heavy atom. The van der Waals surface area contributed by atoms with Gasteiger partial charge in [0.2, 0.25) is 6.79 Å². The van der Waals surface area contributed by atoms with Crippen molar-refractivity contribution in [1.82, 2.24) is 14.8 Å². The molecule has 1 aromatic heterocycles. The highest BCUT2D eigenvalue weighted by Crippen LogP contribution is 2.48. The third-order valence-electron chi connectivity index (χ3n) is 8.21. The number of aromatic nitrogens is 1. The Morgan fingerprint density at radius 2 is 1.74 bits per heavy atom. The molecule has 0 radical (unpaired) electrons. The van der Waals surface area contributed by atoms with Crippen LogP contribution in [0.1, 0.15) is 62.9 Å². The van der Waals surface area contributed by atoms with Gasteiger partial charge in [0.05, 0.1) is 5.54 Å². The maximum Gasteiger partial charge on any atom is 0.328 e. The van der Waals surface area contributed by atoms with Gasteiger partial charge < -0.3 is 14.5 Å². The predicted octanol–water partition coefficient (Wildman–Crippen LogP) is 5.14. The molecule has 7 nitrogen and oxygen atoms in total. The van der Waals surface area contributed by atoms with Crippen LogP contribution in [-0.4, -0.2) is 45.1 Å². The summed E-state index contributed by atoms with van der Waals surface area (Å²) in [5.41, 5.74) is 3.52. The molecule has 4 heterocycles. The first kappa shape index (κ1) is 21.1. The number of carbonyl (C=O) groups excluding carboxylic acids is 2. The molecule has 0 bridgehead atoms. The van der Waals surface area contributed by atoms with Crippen LogP contribution in [0.2, 0.25) is 0 Å². The summed E-state index contributed by atoms with van der Waals surface area (Å²) in [4.78, 5) is 34.9. The molecule has 2 atom stereocenters. The molecule has 1 N–H and O–H groups in total. The Labute approximate surface area is 198 Å². The molecule has 1 fully saturated rings. The number of imide groups is 1. The van der Waals surface area contributed by atoms with E-state index in [4.69, 9.17) is 9.47 Å². The molecular weight excluding hydrogens is 430 g/mol. The number of hydrogen-bond acceptors (Lipinski definition) is 4. The standard InChI is InChI=1S/C27H29N3O4/c1-4-27(5-2,6-3)30-25(31)20-14-18-17-9-7-8-10-19(17)28-23(18)24(29(20)26(30)32)16-11-12-21-22(13-16)34-15-33-21/h7-13,20,24,28H,4-6,14-15H2,1-3H3/t20-,24-/m1/s1. The van der Waals surface area contributed by atoms with Crippen LogP contribution in [0.15, 0.2) is 42.5 Å². The van der Waals surface area contributed by atoms with Crippen LogP contribution < -0.4 is 9.47 Å². The number of rotatable bonds is 5. The number of fused-ring (bicyclic) bond motifs is 5. The zero-order valence-electron chi connectivity index (χ0n) is 19.8. The fourth-order valence-corrected chi connectivity index (χ4v) is 6.17. The monoisotopic (exact) mass is 459 g/mol. The van der Waals surface area contributed by atoms with Crippen LogP contribution >= 0.6 is 0 Å². The fourth-order valence-electron chi connectivity index (χ4n) is 6.17. The summed E-state index contributed by atoms with van der Waals surface area (Å²) in [6.07, 6.45) is 2.72. The average molecular weight is 460 g/mol. The first-order chi connectivity index (χ1) is 16.5. The molecule has 1 saturated heterocycles. The maximum atomic E-state index is 14.1. The molecule has 0 unspecified atom stereocenters. The van der Waals surface area contributed by atoms with Crippen molar-refractivity contribution in [3.8, 4) is 11.5 Å². The van der Waals surface area contributed by atoms with Gasteiger partial charge in [-0.2, -0.15) is 0 Å². The summed E-state index contributed by atoms with van der Waals surface area (Å²) in [5.74, 6) is 1.27. The van der Waals surface area contributed by atoms with Gasteiger partial charge in [0.25, 0.3) is 5.91 Å². The smallest absolute Gasteiger partial charge is 0.328 e. The minimum atomic E-state index is -0.529. The molecule has 7 heteroatoms. The van der Waals surface area contributed by atoms with Gasteiger partial charge in [-0.05, 0) is 48.6 Å². The van der Waals surface area contributed by atoms with E-state index in [9.17, 15) is 9.59 Å². The van der Waals surface area contributed by atoms with Crippen molar-refractivity contribution in [3.05, 3.63) is 59.3 Å². The second-order valence-corrected chi connectivity index (χ2v) is 9.45. The topological polar surface area (TPSA) is 74.9 Å². The van der Waals surface area contributed by atoms with Crippen LogP contribution in [-0.2, 0) is 11.2 Å². The minimum absolute atomic E-state index is 0.0859. The lowest BCUT2D eigenvalue weighted by atomic mass is 9.87. The van der Waals surface area contributed by atoms with E-state index in [1.165, 1.54) is 0 Å². The number of carbonyl (C=O) groups is 2. The molecule has 2 aromatic carbocycles. The Balaban J connectivity index is 1.55. The summed E-state index contributed by atoms with van der Waals surface area (Å²) >= 11 is 0. The third-order valence-corrected chi connectivity index (χ3v) is 8.21. The van der Waals surface area contributed by atoms with Gasteiger partial charge in [0.1, 0.15) is 12.1 Å². The quantitative estimate of drug-likeness (QED) is 0.536. The van der Waals surface area contributed by atoms with E-state index < -0.39 is 17.6 Å². The second kappa shape index (κ2) is 7.52. The average Bonchev–Trinajstić information content (AvgIpc) is 3.55. The van der Waals surface area contributed by atoms with Gasteiger partial charge >= 0.3 is 6.03 Å². The predicted molar refractivity (Wildman–Crippen MR) is 128 cm³/mol. The number of benzene rings is 2. The highest BCUT2D eigenvalue weighted by Gasteiger charge is 2.57. The SMILES string of the molecule is CCC(CC)(CC)N1C(=O)[C@H]2Cc3c([nH]c4ccccc34)[C@@H](c3ccc4c(c3)OCO4)N2C1=O. The minimum Gasteiger partial charge on any atom is -0.454 e.